The summed E-state index contributed by atoms with van der Waals surface area (Å²) in [6.45, 7) is 3.18. The Morgan fingerprint density at radius 2 is 1.89 bits per heavy atom. The normalized spacial score (nSPS) is 21.9. The Kier molecular flexibility index (Phi) is 3.56. The van der Waals surface area contributed by atoms with Gasteiger partial charge in [-0.25, -0.2) is 0 Å². The number of piperidine rings is 1. The molecule has 0 N–H and O–H groups in total. The SMILES string of the molecule is COc1cccc(N2CCC3(CC2)OCCO3)c1Cl. The number of nitrogens with zero attached hydrogens (tertiary/aromatic N) is 1. The predicted molar refractivity (Wildman–Crippen MR) is 74.1 cm³/mol. The van der Waals surface area contributed by atoms with Crippen molar-refractivity contribution in [2.75, 3.05) is 38.3 Å². The largest absolute Gasteiger partial charge is 0.495 e. The monoisotopic (exact) mass is 283 g/mol. The summed E-state index contributed by atoms with van der Waals surface area (Å²) in [5.74, 6) is 0.370. The molecule has 19 heavy (non-hydrogen) atoms. The van der Waals surface area contributed by atoms with E-state index >= 15 is 0 Å². The van der Waals surface area contributed by atoms with Gasteiger partial charge in [-0.15, -0.1) is 0 Å². The molecule has 2 aliphatic rings. The molecular formula is C14H18ClNO3. The number of anilines is 1. The molecule has 2 aliphatic heterocycles. The quantitative estimate of drug-likeness (QED) is 0.835. The van der Waals surface area contributed by atoms with Gasteiger partial charge in [-0.2, -0.15) is 0 Å². The molecule has 0 aliphatic carbocycles. The fourth-order valence-electron chi connectivity index (χ4n) is 2.78. The Labute approximate surface area is 118 Å². The molecule has 3 rings (SSSR count). The van der Waals surface area contributed by atoms with Gasteiger partial charge < -0.3 is 19.1 Å². The maximum atomic E-state index is 6.36. The van der Waals surface area contributed by atoms with Crippen molar-refractivity contribution < 1.29 is 14.2 Å². The van der Waals surface area contributed by atoms with Crippen LogP contribution in [-0.2, 0) is 9.47 Å². The van der Waals surface area contributed by atoms with E-state index in [9.17, 15) is 0 Å². The lowest BCUT2D eigenvalue weighted by molar-refractivity contribution is -0.169. The molecule has 1 aromatic rings. The molecular weight excluding hydrogens is 266 g/mol. The van der Waals surface area contributed by atoms with Gasteiger partial charge >= 0.3 is 0 Å². The number of hydrogen-bond acceptors (Lipinski definition) is 4. The van der Waals surface area contributed by atoms with Crippen molar-refractivity contribution in [3.05, 3.63) is 23.2 Å². The molecule has 104 valence electrons. The Balaban J connectivity index is 1.74. The van der Waals surface area contributed by atoms with Crippen molar-refractivity contribution in [1.82, 2.24) is 0 Å². The zero-order valence-corrected chi connectivity index (χ0v) is 11.8. The summed E-state index contributed by atoms with van der Waals surface area (Å²) in [5, 5.41) is 0.675. The molecule has 2 heterocycles. The lowest BCUT2D eigenvalue weighted by Gasteiger charge is -2.39. The van der Waals surface area contributed by atoms with E-state index in [1.807, 2.05) is 18.2 Å². The Bertz CT molecular complexity index is 450. The van der Waals surface area contributed by atoms with E-state index in [2.05, 4.69) is 4.90 Å². The van der Waals surface area contributed by atoms with Crippen LogP contribution in [0.25, 0.3) is 0 Å². The Hall–Kier alpha value is -0.970. The minimum absolute atomic E-state index is 0.345. The van der Waals surface area contributed by atoms with Crippen LogP contribution in [-0.4, -0.2) is 39.2 Å². The molecule has 0 atom stereocenters. The van der Waals surface area contributed by atoms with Gasteiger partial charge in [0.1, 0.15) is 10.8 Å². The summed E-state index contributed by atoms with van der Waals surface area (Å²) in [6.07, 6.45) is 1.75. The van der Waals surface area contributed by atoms with Crippen LogP contribution in [0.1, 0.15) is 12.8 Å². The molecule has 0 unspecified atom stereocenters. The van der Waals surface area contributed by atoms with Crippen molar-refractivity contribution in [2.24, 2.45) is 0 Å². The summed E-state index contributed by atoms with van der Waals surface area (Å²) in [6, 6.07) is 5.87. The second-order valence-corrected chi connectivity index (χ2v) is 5.27. The molecule has 2 fully saturated rings. The highest BCUT2D eigenvalue weighted by atomic mass is 35.5. The highest BCUT2D eigenvalue weighted by molar-refractivity contribution is 6.34. The molecule has 2 saturated heterocycles. The summed E-state index contributed by atoms with van der Waals surface area (Å²) in [7, 11) is 1.64. The fourth-order valence-corrected chi connectivity index (χ4v) is 3.10. The molecule has 1 spiro atoms. The average molecular weight is 284 g/mol. The highest BCUT2D eigenvalue weighted by Crippen LogP contribution is 2.38. The second kappa shape index (κ2) is 5.19. The third-order valence-corrected chi connectivity index (χ3v) is 4.22. The van der Waals surface area contributed by atoms with Gasteiger partial charge in [0.05, 0.1) is 26.0 Å². The van der Waals surface area contributed by atoms with Gasteiger partial charge in [0.15, 0.2) is 5.79 Å². The summed E-state index contributed by atoms with van der Waals surface area (Å²) >= 11 is 6.36. The number of ether oxygens (including phenoxy) is 3. The van der Waals surface area contributed by atoms with E-state index in [0.717, 1.165) is 31.6 Å². The van der Waals surface area contributed by atoms with E-state index in [-0.39, 0.29) is 5.79 Å². The zero-order valence-electron chi connectivity index (χ0n) is 11.0. The zero-order chi connectivity index (χ0) is 13.3. The minimum Gasteiger partial charge on any atom is -0.495 e. The molecule has 1 aromatic carbocycles. The van der Waals surface area contributed by atoms with E-state index in [0.29, 0.717) is 24.0 Å². The van der Waals surface area contributed by atoms with Crippen LogP contribution in [0.3, 0.4) is 0 Å². The molecule has 0 aromatic heterocycles. The first-order valence-corrected chi connectivity index (χ1v) is 6.97. The van der Waals surface area contributed by atoms with E-state index in [4.69, 9.17) is 25.8 Å². The molecule has 0 amide bonds. The van der Waals surface area contributed by atoms with E-state index < -0.39 is 0 Å². The third kappa shape index (κ3) is 2.40. The van der Waals surface area contributed by atoms with Crippen molar-refractivity contribution in [3.63, 3.8) is 0 Å². The van der Waals surface area contributed by atoms with E-state index in [1.165, 1.54) is 0 Å². The molecule has 5 heteroatoms. The smallest absolute Gasteiger partial charge is 0.171 e. The maximum absolute atomic E-state index is 6.36. The first kappa shape index (κ1) is 13.0. The summed E-state index contributed by atoms with van der Waals surface area (Å²) in [5.41, 5.74) is 1.02. The van der Waals surface area contributed by atoms with Crippen LogP contribution in [0, 0.1) is 0 Å². The van der Waals surface area contributed by atoms with Gasteiger partial charge in [-0.1, -0.05) is 17.7 Å². The van der Waals surface area contributed by atoms with Crippen molar-refractivity contribution in [2.45, 2.75) is 18.6 Å². The van der Waals surface area contributed by atoms with Crippen LogP contribution in [0.15, 0.2) is 18.2 Å². The molecule has 0 radical (unpaired) electrons. The summed E-state index contributed by atoms with van der Waals surface area (Å²) in [4.78, 5) is 2.27. The van der Waals surface area contributed by atoms with Gasteiger partial charge in [-0.3, -0.25) is 0 Å². The topological polar surface area (TPSA) is 30.9 Å². The van der Waals surface area contributed by atoms with Crippen LogP contribution < -0.4 is 9.64 Å². The lowest BCUT2D eigenvalue weighted by atomic mass is 10.0. The number of methoxy groups -OCH3 is 1. The maximum Gasteiger partial charge on any atom is 0.171 e. The lowest BCUT2D eigenvalue weighted by Crippen LogP contribution is -2.45. The summed E-state index contributed by atoms with van der Waals surface area (Å²) < 4.78 is 16.7. The third-order valence-electron chi connectivity index (χ3n) is 3.84. The number of halogens is 1. The molecule has 0 saturated carbocycles. The average Bonchev–Trinajstić information content (AvgIpc) is 2.89. The number of benzene rings is 1. The van der Waals surface area contributed by atoms with Crippen molar-refractivity contribution in [1.29, 1.82) is 0 Å². The van der Waals surface area contributed by atoms with Gasteiger partial charge in [-0.05, 0) is 12.1 Å². The first-order chi connectivity index (χ1) is 9.24. The standard InChI is InChI=1S/C14H18ClNO3/c1-17-12-4-2-3-11(13(12)15)16-7-5-14(6-8-16)18-9-10-19-14/h2-4H,5-10H2,1H3. The van der Waals surface area contributed by atoms with Gasteiger partial charge in [0, 0.05) is 25.9 Å². The van der Waals surface area contributed by atoms with Crippen LogP contribution in [0.2, 0.25) is 5.02 Å². The molecule has 0 bridgehead atoms. The Morgan fingerprint density at radius 1 is 1.21 bits per heavy atom. The fraction of sp³-hybridized carbons (Fsp3) is 0.571. The highest BCUT2D eigenvalue weighted by Gasteiger charge is 2.40. The van der Waals surface area contributed by atoms with Crippen LogP contribution >= 0.6 is 11.6 Å². The first-order valence-electron chi connectivity index (χ1n) is 6.59. The van der Waals surface area contributed by atoms with Crippen molar-refractivity contribution >= 4 is 17.3 Å². The van der Waals surface area contributed by atoms with Crippen molar-refractivity contribution in [3.8, 4) is 5.75 Å². The predicted octanol–water partition coefficient (Wildman–Crippen LogP) is 2.69. The molecule has 4 nitrogen and oxygen atoms in total. The van der Waals surface area contributed by atoms with E-state index in [1.54, 1.807) is 7.11 Å². The van der Waals surface area contributed by atoms with Crippen LogP contribution in [0.4, 0.5) is 5.69 Å². The number of hydrogen-bond donors (Lipinski definition) is 0. The number of rotatable bonds is 2. The van der Waals surface area contributed by atoms with Gasteiger partial charge in [0.2, 0.25) is 0 Å². The van der Waals surface area contributed by atoms with Crippen LogP contribution in [0.5, 0.6) is 5.75 Å². The van der Waals surface area contributed by atoms with Gasteiger partial charge in [0.25, 0.3) is 0 Å². The minimum atomic E-state index is -0.345. The Morgan fingerprint density at radius 3 is 2.53 bits per heavy atom. The second-order valence-electron chi connectivity index (χ2n) is 4.89.